The molecule has 19 heavy (non-hydrogen) atoms. The van der Waals surface area contributed by atoms with Crippen LogP contribution in [0.5, 0.6) is 0 Å². The van der Waals surface area contributed by atoms with Crippen molar-refractivity contribution in [3.05, 3.63) is 38.3 Å². The first-order chi connectivity index (χ1) is 9.11. The molecule has 1 fully saturated rings. The van der Waals surface area contributed by atoms with Crippen molar-refractivity contribution >= 4 is 21.6 Å². The predicted molar refractivity (Wildman–Crippen MR) is 76.1 cm³/mol. The van der Waals surface area contributed by atoms with E-state index in [1.165, 1.54) is 12.5 Å². The SMILES string of the molecule is COC1CCCC1NCc1ccc([N+](=O)[O-])cc1Br. The van der Waals surface area contributed by atoms with E-state index in [2.05, 4.69) is 21.2 Å². The van der Waals surface area contributed by atoms with Crippen molar-refractivity contribution in [1.29, 1.82) is 0 Å². The van der Waals surface area contributed by atoms with Crippen LogP contribution in [0.15, 0.2) is 22.7 Å². The summed E-state index contributed by atoms with van der Waals surface area (Å²) in [7, 11) is 1.74. The van der Waals surface area contributed by atoms with Gasteiger partial charge in [0.15, 0.2) is 0 Å². The van der Waals surface area contributed by atoms with E-state index in [0.29, 0.717) is 12.6 Å². The van der Waals surface area contributed by atoms with E-state index in [-0.39, 0.29) is 16.7 Å². The van der Waals surface area contributed by atoms with Gasteiger partial charge in [-0.2, -0.15) is 0 Å². The molecular formula is C13H17BrN2O3. The molecule has 0 heterocycles. The number of non-ortho nitro benzene ring substituents is 1. The Morgan fingerprint density at radius 2 is 2.32 bits per heavy atom. The highest BCUT2D eigenvalue weighted by molar-refractivity contribution is 9.10. The van der Waals surface area contributed by atoms with Crippen LogP contribution in [-0.4, -0.2) is 24.2 Å². The molecule has 1 aliphatic carbocycles. The molecule has 0 aromatic heterocycles. The molecule has 0 aliphatic heterocycles. The first-order valence-corrected chi connectivity index (χ1v) is 7.10. The number of hydrogen-bond acceptors (Lipinski definition) is 4. The van der Waals surface area contributed by atoms with Crippen LogP contribution in [0.4, 0.5) is 5.69 Å². The first kappa shape index (κ1) is 14.4. The van der Waals surface area contributed by atoms with Gasteiger partial charge in [-0.05, 0) is 30.9 Å². The molecular weight excluding hydrogens is 312 g/mol. The van der Waals surface area contributed by atoms with Gasteiger partial charge in [0, 0.05) is 36.3 Å². The highest BCUT2D eigenvalue weighted by Gasteiger charge is 2.26. The molecule has 0 bridgehead atoms. The van der Waals surface area contributed by atoms with Gasteiger partial charge < -0.3 is 10.1 Å². The molecule has 0 saturated heterocycles. The van der Waals surface area contributed by atoms with E-state index in [9.17, 15) is 10.1 Å². The molecule has 1 saturated carbocycles. The Hall–Kier alpha value is -0.980. The van der Waals surface area contributed by atoms with Gasteiger partial charge in [0.2, 0.25) is 0 Å². The molecule has 2 atom stereocenters. The normalized spacial score (nSPS) is 22.6. The number of methoxy groups -OCH3 is 1. The Kier molecular flexibility index (Phi) is 4.90. The molecule has 6 heteroatoms. The van der Waals surface area contributed by atoms with Crippen LogP contribution in [0.1, 0.15) is 24.8 Å². The summed E-state index contributed by atoms with van der Waals surface area (Å²) in [5.74, 6) is 0. The zero-order chi connectivity index (χ0) is 13.8. The van der Waals surface area contributed by atoms with Gasteiger partial charge in [-0.3, -0.25) is 10.1 Å². The van der Waals surface area contributed by atoms with Gasteiger partial charge in [0.05, 0.1) is 11.0 Å². The summed E-state index contributed by atoms with van der Waals surface area (Å²) < 4.78 is 6.19. The quantitative estimate of drug-likeness (QED) is 0.666. The molecule has 0 radical (unpaired) electrons. The van der Waals surface area contributed by atoms with Crippen LogP contribution < -0.4 is 5.32 Å². The van der Waals surface area contributed by atoms with Crippen molar-refractivity contribution in [3.63, 3.8) is 0 Å². The lowest BCUT2D eigenvalue weighted by molar-refractivity contribution is -0.384. The van der Waals surface area contributed by atoms with Crippen molar-refractivity contribution in [3.8, 4) is 0 Å². The number of hydrogen-bond donors (Lipinski definition) is 1. The van der Waals surface area contributed by atoms with E-state index in [1.807, 2.05) is 0 Å². The largest absolute Gasteiger partial charge is 0.380 e. The predicted octanol–water partition coefficient (Wildman–Crippen LogP) is 3.01. The molecule has 0 spiro atoms. The van der Waals surface area contributed by atoms with E-state index < -0.39 is 0 Å². The monoisotopic (exact) mass is 328 g/mol. The summed E-state index contributed by atoms with van der Waals surface area (Å²) in [4.78, 5) is 10.3. The zero-order valence-electron chi connectivity index (χ0n) is 10.8. The van der Waals surface area contributed by atoms with Crippen molar-refractivity contribution in [2.24, 2.45) is 0 Å². The van der Waals surface area contributed by atoms with Crippen molar-refractivity contribution in [2.75, 3.05) is 7.11 Å². The third-order valence-corrected chi connectivity index (χ3v) is 4.30. The Bertz CT molecular complexity index is 467. The maximum absolute atomic E-state index is 10.7. The van der Waals surface area contributed by atoms with Crippen LogP contribution in [0, 0.1) is 10.1 Å². The molecule has 0 amide bonds. The lowest BCUT2D eigenvalue weighted by Crippen LogP contribution is -2.36. The zero-order valence-corrected chi connectivity index (χ0v) is 12.4. The number of halogens is 1. The maximum Gasteiger partial charge on any atom is 0.270 e. The highest BCUT2D eigenvalue weighted by Crippen LogP contribution is 2.25. The van der Waals surface area contributed by atoms with E-state index in [1.54, 1.807) is 19.2 Å². The summed E-state index contributed by atoms with van der Waals surface area (Å²) >= 11 is 3.38. The minimum absolute atomic E-state index is 0.103. The van der Waals surface area contributed by atoms with Gasteiger partial charge >= 0.3 is 0 Å². The van der Waals surface area contributed by atoms with E-state index in [0.717, 1.165) is 22.9 Å². The summed E-state index contributed by atoms with van der Waals surface area (Å²) in [6.07, 6.45) is 3.66. The average Bonchev–Trinajstić information content (AvgIpc) is 2.84. The fourth-order valence-electron chi connectivity index (χ4n) is 2.48. The minimum Gasteiger partial charge on any atom is -0.380 e. The molecule has 1 N–H and O–H groups in total. The highest BCUT2D eigenvalue weighted by atomic mass is 79.9. The lowest BCUT2D eigenvalue weighted by atomic mass is 10.1. The van der Waals surface area contributed by atoms with Crippen LogP contribution in [-0.2, 0) is 11.3 Å². The van der Waals surface area contributed by atoms with Crippen molar-refractivity contribution in [1.82, 2.24) is 5.32 Å². The average molecular weight is 329 g/mol. The Labute approximate surface area is 120 Å². The summed E-state index contributed by atoms with van der Waals surface area (Å²) in [5, 5.41) is 14.1. The topological polar surface area (TPSA) is 64.4 Å². The Morgan fingerprint density at radius 1 is 1.53 bits per heavy atom. The second-order valence-corrected chi connectivity index (χ2v) is 5.58. The van der Waals surface area contributed by atoms with Gasteiger partial charge in [-0.25, -0.2) is 0 Å². The molecule has 2 unspecified atom stereocenters. The van der Waals surface area contributed by atoms with Crippen LogP contribution in [0.2, 0.25) is 0 Å². The van der Waals surface area contributed by atoms with E-state index in [4.69, 9.17) is 4.74 Å². The van der Waals surface area contributed by atoms with Crippen LogP contribution in [0.3, 0.4) is 0 Å². The number of rotatable bonds is 5. The lowest BCUT2D eigenvalue weighted by Gasteiger charge is -2.20. The second kappa shape index (κ2) is 6.45. The smallest absolute Gasteiger partial charge is 0.270 e. The number of nitro groups is 1. The van der Waals surface area contributed by atoms with E-state index >= 15 is 0 Å². The van der Waals surface area contributed by atoms with Crippen LogP contribution >= 0.6 is 15.9 Å². The molecule has 2 rings (SSSR count). The summed E-state index contributed by atoms with van der Waals surface area (Å²) in [6.45, 7) is 0.684. The van der Waals surface area contributed by atoms with Gasteiger partial charge in [-0.1, -0.05) is 15.9 Å². The third kappa shape index (κ3) is 3.52. The van der Waals surface area contributed by atoms with Crippen LogP contribution in [0.25, 0.3) is 0 Å². The number of nitrogens with one attached hydrogen (secondary N) is 1. The minimum atomic E-state index is -0.389. The molecule has 1 aliphatic rings. The summed E-state index contributed by atoms with van der Waals surface area (Å²) in [5.41, 5.74) is 1.12. The summed E-state index contributed by atoms with van der Waals surface area (Å²) in [6, 6.07) is 5.22. The second-order valence-electron chi connectivity index (χ2n) is 4.73. The third-order valence-electron chi connectivity index (χ3n) is 3.56. The Balaban J connectivity index is 1.98. The molecule has 5 nitrogen and oxygen atoms in total. The van der Waals surface area contributed by atoms with Gasteiger partial charge in [0.1, 0.15) is 0 Å². The first-order valence-electron chi connectivity index (χ1n) is 6.31. The molecule has 1 aromatic rings. The molecule has 1 aromatic carbocycles. The van der Waals surface area contributed by atoms with Crippen molar-refractivity contribution < 1.29 is 9.66 Å². The number of benzene rings is 1. The fraction of sp³-hybridized carbons (Fsp3) is 0.538. The number of ether oxygens (including phenoxy) is 1. The number of nitro benzene ring substituents is 1. The molecule has 104 valence electrons. The fourth-order valence-corrected chi connectivity index (χ4v) is 2.98. The van der Waals surface area contributed by atoms with Crippen molar-refractivity contribution in [2.45, 2.75) is 38.0 Å². The Morgan fingerprint density at radius 3 is 2.95 bits per heavy atom. The maximum atomic E-state index is 10.7. The van der Waals surface area contributed by atoms with Gasteiger partial charge in [0.25, 0.3) is 5.69 Å². The standard InChI is InChI=1S/C13H17BrN2O3/c1-19-13-4-2-3-12(13)15-8-9-5-6-10(16(17)18)7-11(9)14/h5-7,12-13,15H,2-4,8H2,1H3. The van der Waals surface area contributed by atoms with Gasteiger partial charge in [-0.15, -0.1) is 0 Å². The number of nitrogens with zero attached hydrogens (tertiary/aromatic N) is 1.